The minimum Gasteiger partial charge on any atom is -0.480 e. The van der Waals surface area contributed by atoms with Gasteiger partial charge in [0.25, 0.3) is 0 Å². The number of rotatable bonds is 5. The summed E-state index contributed by atoms with van der Waals surface area (Å²) in [5.74, 6) is -1.28. The molecule has 2 heterocycles. The van der Waals surface area contributed by atoms with Gasteiger partial charge in [0, 0.05) is 31.3 Å². The molecule has 1 aliphatic heterocycles. The van der Waals surface area contributed by atoms with Crippen molar-refractivity contribution in [3.63, 3.8) is 0 Å². The van der Waals surface area contributed by atoms with Crippen LogP contribution in [0.2, 0.25) is 0 Å². The number of imidazole rings is 1. The Morgan fingerprint density at radius 2 is 2.35 bits per heavy atom. The van der Waals surface area contributed by atoms with Crippen molar-refractivity contribution in [3.05, 3.63) is 18.2 Å². The van der Waals surface area contributed by atoms with Crippen LogP contribution in [0.1, 0.15) is 12.1 Å². The van der Waals surface area contributed by atoms with E-state index >= 15 is 0 Å². The molecule has 1 saturated heterocycles. The maximum atomic E-state index is 11.7. The summed E-state index contributed by atoms with van der Waals surface area (Å²) in [5.41, 5.74) is 0.607. The molecule has 0 aromatic carbocycles. The number of aromatic nitrogens is 2. The highest BCUT2D eigenvalue weighted by Crippen LogP contribution is 2.01. The highest BCUT2D eigenvalue weighted by atomic mass is 16.4. The summed E-state index contributed by atoms with van der Waals surface area (Å²) in [6.07, 6.45) is 3.23. The molecule has 0 spiro atoms. The van der Waals surface area contributed by atoms with Crippen molar-refractivity contribution < 1.29 is 19.5 Å². The van der Waals surface area contributed by atoms with Crippen LogP contribution in [0, 0.1) is 0 Å². The van der Waals surface area contributed by atoms with E-state index in [1.54, 1.807) is 0 Å². The number of amides is 3. The second-order valence-electron chi connectivity index (χ2n) is 4.49. The number of hydrogen-bond acceptors (Lipinski definition) is 4. The molecule has 9 heteroatoms. The number of carboxylic acid groups (broad SMARTS) is 1. The van der Waals surface area contributed by atoms with E-state index in [1.807, 2.05) is 0 Å². The Hall–Kier alpha value is -2.58. The van der Waals surface area contributed by atoms with E-state index in [2.05, 4.69) is 25.9 Å². The Balaban J connectivity index is 1.86. The number of urea groups is 1. The monoisotopic (exact) mass is 281 g/mol. The first kappa shape index (κ1) is 13.8. The molecule has 1 aliphatic rings. The number of H-pyrrole nitrogens is 1. The molecule has 0 saturated carbocycles. The lowest BCUT2D eigenvalue weighted by Crippen LogP contribution is -2.50. The van der Waals surface area contributed by atoms with Crippen LogP contribution in [0.4, 0.5) is 4.79 Å². The number of carbonyl (C=O) groups excluding carboxylic acids is 2. The van der Waals surface area contributed by atoms with E-state index in [0.29, 0.717) is 12.2 Å². The molecule has 1 unspecified atom stereocenters. The first-order chi connectivity index (χ1) is 9.54. The molecule has 2 rings (SSSR count). The second-order valence-corrected chi connectivity index (χ2v) is 4.49. The number of carbonyl (C=O) groups is 3. The summed E-state index contributed by atoms with van der Waals surface area (Å²) in [7, 11) is 0. The molecule has 9 nitrogen and oxygen atoms in total. The molecular weight excluding hydrogens is 266 g/mol. The second kappa shape index (κ2) is 6.04. The van der Waals surface area contributed by atoms with Gasteiger partial charge in [-0.1, -0.05) is 0 Å². The standard InChI is InChI=1S/C11H15N5O4/c17-9-2-7(4-13-9)15-11(20)16-8(10(18)19)1-6-3-12-5-14-6/h3,5,7-8H,1-2,4H2,(H,12,14)(H,13,17)(H,18,19)(H2,15,16,20)/t7?,8-/m1/s1. The quantitative estimate of drug-likeness (QED) is 0.452. The van der Waals surface area contributed by atoms with Crippen molar-refractivity contribution >= 4 is 17.9 Å². The van der Waals surface area contributed by atoms with Gasteiger partial charge in [-0.25, -0.2) is 14.6 Å². The molecule has 0 aliphatic carbocycles. The number of nitrogens with zero attached hydrogens (tertiary/aromatic N) is 1. The third-order valence-electron chi connectivity index (χ3n) is 2.89. The van der Waals surface area contributed by atoms with Gasteiger partial charge in [0.15, 0.2) is 0 Å². The number of aliphatic carboxylic acids is 1. The predicted molar refractivity (Wildman–Crippen MR) is 66.8 cm³/mol. The first-order valence-corrected chi connectivity index (χ1v) is 6.08. The van der Waals surface area contributed by atoms with Crippen LogP contribution in [0.3, 0.4) is 0 Å². The van der Waals surface area contributed by atoms with Gasteiger partial charge in [-0.15, -0.1) is 0 Å². The van der Waals surface area contributed by atoms with Crippen LogP contribution in [-0.2, 0) is 16.0 Å². The lowest BCUT2D eigenvalue weighted by atomic mass is 10.1. The summed E-state index contributed by atoms with van der Waals surface area (Å²) < 4.78 is 0. The van der Waals surface area contributed by atoms with E-state index in [-0.39, 0.29) is 24.8 Å². The van der Waals surface area contributed by atoms with Gasteiger partial charge >= 0.3 is 12.0 Å². The van der Waals surface area contributed by atoms with Gasteiger partial charge in [0.05, 0.1) is 12.4 Å². The largest absolute Gasteiger partial charge is 0.480 e. The molecule has 5 N–H and O–H groups in total. The fraction of sp³-hybridized carbons (Fsp3) is 0.455. The van der Waals surface area contributed by atoms with Crippen LogP contribution in [-0.4, -0.2) is 51.6 Å². The van der Waals surface area contributed by atoms with Crippen LogP contribution < -0.4 is 16.0 Å². The Bertz CT molecular complexity index is 501. The van der Waals surface area contributed by atoms with Crippen molar-refractivity contribution in [2.45, 2.75) is 24.9 Å². The van der Waals surface area contributed by atoms with E-state index in [9.17, 15) is 14.4 Å². The number of carboxylic acids is 1. The molecule has 0 radical (unpaired) electrons. The van der Waals surface area contributed by atoms with Crippen molar-refractivity contribution in [1.82, 2.24) is 25.9 Å². The number of hydrogen-bond donors (Lipinski definition) is 5. The minimum absolute atomic E-state index is 0.102. The van der Waals surface area contributed by atoms with Crippen molar-refractivity contribution in [1.29, 1.82) is 0 Å². The zero-order chi connectivity index (χ0) is 14.5. The van der Waals surface area contributed by atoms with Crippen LogP contribution >= 0.6 is 0 Å². The smallest absolute Gasteiger partial charge is 0.326 e. The highest BCUT2D eigenvalue weighted by Gasteiger charge is 2.25. The summed E-state index contributed by atoms with van der Waals surface area (Å²) in [6, 6.07) is -2.00. The Morgan fingerprint density at radius 3 is 2.90 bits per heavy atom. The third kappa shape index (κ3) is 3.70. The molecule has 1 fully saturated rings. The fourth-order valence-electron chi connectivity index (χ4n) is 1.91. The fourth-order valence-corrected chi connectivity index (χ4v) is 1.91. The first-order valence-electron chi connectivity index (χ1n) is 6.08. The molecule has 108 valence electrons. The minimum atomic E-state index is -1.14. The van der Waals surface area contributed by atoms with Gasteiger partial charge in [0.1, 0.15) is 6.04 Å². The molecule has 1 aromatic heterocycles. The topological polar surface area (TPSA) is 136 Å². The lowest BCUT2D eigenvalue weighted by Gasteiger charge is -2.16. The molecular formula is C11H15N5O4. The van der Waals surface area contributed by atoms with E-state index in [4.69, 9.17) is 5.11 Å². The third-order valence-corrected chi connectivity index (χ3v) is 2.89. The average Bonchev–Trinajstić information content (AvgIpc) is 3.00. The maximum Gasteiger partial charge on any atom is 0.326 e. The molecule has 2 atom stereocenters. The summed E-state index contributed by atoms with van der Waals surface area (Å²) in [5, 5.41) is 16.6. The van der Waals surface area contributed by atoms with Crippen LogP contribution in [0.25, 0.3) is 0 Å². The molecule has 0 bridgehead atoms. The van der Waals surface area contributed by atoms with Gasteiger partial charge < -0.3 is 26.0 Å². The van der Waals surface area contributed by atoms with Crippen molar-refractivity contribution in [2.24, 2.45) is 0 Å². The van der Waals surface area contributed by atoms with Crippen LogP contribution in [0.15, 0.2) is 12.5 Å². The van der Waals surface area contributed by atoms with Crippen molar-refractivity contribution in [2.75, 3.05) is 6.54 Å². The van der Waals surface area contributed by atoms with Gasteiger partial charge in [0.2, 0.25) is 5.91 Å². The summed E-state index contributed by atoms with van der Waals surface area (Å²) in [4.78, 5) is 40.4. The van der Waals surface area contributed by atoms with Gasteiger partial charge in [-0.05, 0) is 0 Å². The number of aromatic amines is 1. The summed E-state index contributed by atoms with van der Waals surface area (Å²) in [6.45, 7) is 0.352. The lowest BCUT2D eigenvalue weighted by molar-refractivity contribution is -0.139. The normalized spacial score (nSPS) is 19.2. The van der Waals surface area contributed by atoms with Crippen molar-refractivity contribution in [3.8, 4) is 0 Å². The summed E-state index contributed by atoms with van der Waals surface area (Å²) >= 11 is 0. The Labute approximate surface area is 114 Å². The maximum absolute atomic E-state index is 11.7. The predicted octanol–water partition coefficient (Wildman–Crippen LogP) is -1.41. The van der Waals surface area contributed by atoms with E-state index < -0.39 is 18.0 Å². The van der Waals surface area contributed by atoms with Crippen LogP contribution in [0.5, 0.6) is 0 Å². The SMILES string of the molecule is O=C1CC(NC(=O)N[C@H](Cc2cnc[nH]2)C(=O)O)CN1. The zero-order valence-corrected chi connectivity index (χ0v) is 10.5. The van der Waals surface area contributed by atoms with E-state index in [1.165, 1.54) is 12.5 Å². The van der Waals surface area contributed by atoms with Gasteiger partial charge in [-0.3, -0.25) is 4.79 Å². The number of nitrogens with one attached hydrogen (secondary N) is 4. The Morgan fingerprint density at radius 1 is 1.55 bits per heavy atom. The van der Waals surface area contributed by atoms with Gasteiger partial charge in [-0.2, -0.15) is 0 Å². The molecule has 20 heavy (non-hydrogen) atoms. The molecule has 3 amide bonds. The molecule has 1 aromatic rings. The Kier molecular flexibility index (Phi) is 4.18. The average molecular weight is 281 g/mol. The van der Waals surface area contributed by atoms with E-state index in [0.717, 1.165) is 0 Å². The highest BCUT2D eigenvalue weighted by molar-refractivity contribution is 5.84. The zero-order valence-electron chi connectivity index (χ0n) is 10.5.